The Labute approximate surface area is 101 Å². The lowest BCUT2D eigenvalue weighted by atomic mass is 10.1. The fourth-order valence-electron chi connectivity index (χ4n) is 1.31. The number of rotatable bonds is 6. The highest BCUT2D eigenvalue weighted by molar-refractivity contribution is 6.29. The van der Waals surface area contributed by atoms with Crippen LogP contribution in [0.3, 0.4) is 0 Å². The van der Waals surface area contributed by atoms with Gasteiger partial charge in [-0.25, -0.2) is 9.97 Å². The van der Waals surface area contributed by atoms with E-state index in [1.807, 2.05) is 6.92 Å². The van der Waals surface area contributed by atoms with Crippen LogP contribution >= 0.6 is 11.6 Å². The molecule has 2 N–H and O–H groups in total. The Bertz CT molecular complexity index is 333. The lowest BCUT2D eigenvalue weighted by Gasteiger charge is -2.12. The second kappa shape index (κ2) is 6.66. The molecule has 0 aromatic carbocycles. The fraction of sp³-hybridized carbons (Fsp3) is 0.636. The first-order valence-electron chi connectivity index (χ1n) is 5.54. The van der Waals surface area contributed by atoms with E-state index < -0.39 is 0 Å². The second-order valence-electron chi connectivity index (χ2n) is 3.84. The SMILES string of the molecule is CCc1nc(Cl)cc(NCC(C)CCO)n1. The van der Waals surface area contributed by atoms with Gasteiger partial charge in [0.15, 0.2) is 0 Å². The van der Waals surface area contributed by atoms with Gasteiger partial charge in [-0.15, -0.1) is 0 Å². The number of aromatic nitrogens is 2. The number of nitrogens with zero attached hydrogens (tertiary/aromatic N) is 2. The summed E-state index contributed by atoms with van der Waals surface area (Å²) in [6.45, 7) is 5.06. The molecule has 90 valence electrons. The van der Waals surface area contributed by atoms with Crippen molar-refractivity contribution in [3.05, 3.63) is 17.0 Å². The van der Waals surface area contributed by atoms with Crippen LogP contribution in [-0.2, 0) is 6.42 Å². The van der Waals surface area contributed by atoms with E-state index in [9.17, 15) is 0 Å². The van der Waals surface area contributed by atoms with Gasteiger partial charge < -0.3 is 10.4 Å². The molecule has 4 nitrogen and oxygen atoms in total. The summed E-state index contributed by atoms with van der Waals surface area (Å²) in [6.07, 6.45) is 1.55. The van der Waals surface area contributed by atoms with Crippen LogP contribution in [-0.4, -0.2) is 28.2 Å². The Balaban J connectivity index is 2.56. The monoisotopic (exact) mass is 243 g/mol. The molecule has 0 aliphatic rings. The third-order valence-electron chi connectivity index (χ3n) is 2.31. The summed E-state index contributed by atoms with van der Waals surface area (Å²) in [5, 5.41) is 12.4. The Hall–Kier alpha value is -0.870. The standard InChI is InChI=1S/C11H18ClN3O/c1-3-10-14-9(12)6-11(15-10)13-7-8(2)4-5-16/h6,8,16H,3-5,7H2,1-2H3,(H,13,14,15). The first kappa shape index (κ1) is 13.2. The van der Waals surface area contributed by atoms with Gasteiger partial charge in [-0.05, 0) is 12.3 Å². The van der Waals surface area contributed by atoms with E-state index in [1.165, 1.54) is 0 Å². The largest absolute Gasteiger partial charge is 0.396 e. The van der Waals surface area contributed by atoms with Gasteiger partial charge in [-0.2, -0.15) is 0 Å². The number of aliphatic hydroxyl groups is 1. The summed E-state index contributed by atoms with van der Waals surface area (Å²) in [6, 6.07) is 1.71. The molecule has 1 aromatic heterocycles. The molecule has 1 atom stereocenters. The molecule has 5 heteroatoms. The van der Waals surface area contributed by atoms with E-state index in [4.69, 9.17) is 16.7 Å². The minimum absolute atomic E-state index is 0.216. The van der Waals surface area contributed by atoms with Gasteiger partial charge in [0.1, 0.15) is 16.8 Å². The average Bonchev–Trinajstić information content (AvgIpc) is 2.26. The average molecular weight is 244 g/mol. The Morgan fingerprint density at radius 3 is 2.88 bits per heavy atom. The van der Waals surface area contributed by atoms with Crippen LogP contribution in [0, 0.1) is 5.92 Å². The summed E-state index contributed by atoms with van der Waals surface area (Å²) < 4.78 is 0. The van der Waals surface area contributed by atoms with Crippen LogP contribution in [0.2, 0.25) is 5.15 Å². The van der Waals surface area contributed by atoms with Crippen molar-refractivity contribution < 1.29 is 5.11 Å². The summed E-state index contributed by atoms with van der Waals surface area (Å²) in [5.41, 5.74) is 0. The number of halogens is 1. The second-order valence-corrected chi connectivity index (χ2v) is 4.23. The Kier molecular flexibility index (Phi) is 5.49. The molecule has 1 heterocycles. The first-order chi connectivity index (χ1) is 7.65. The fourth-order valence-corrected chi connectivity index (χ4v) is 1.52. The van der Waals surface area contributed by atoms with Gasteiger partial charge in [-0.1, -0.05) is 25.4 Å². The molecule has 16 heavy (non-hydrogen) atoms. The third-order valence-corrected chi connectivity index (χ3v) is 2.50. The van der Waals surface area contributed by atoms with Gasteiger partial charge in [-0.3, -0.25) is 0 Å². The van der Waals surface area contributed by atoms with Gasteiger partial charge in [0, 0.05) is 25.6 Å². The number of nitrogens with one attached hydrogen (secondary N) is 1. The first-order valence-corrected chi connectivity index (χ1v) is 5.91. The van der Waals surface area contributed by atoms with Crippen molar-refractivity contribution in [2.24, 2.45) is 5.92 Å². The maximum atomic E-state index is 8.79. The summed E-state index contributed by atoms with van der Waals surface area (Å²) in [7, 11) is 0. The summed E-state index contributed by atoms with van der Waals surface area (Å²) >= 11 is 5.87. The highest BCUT2D eigenvalue weighted by Gasteiger charge is 2.04. The van der Waals surface area contributed by atoms with Crippen molar-refractivity contribution in [2.75, 3.05) is 18.5 Å². The molecule has 1 unspecified atom stereocenters. The molecule has 0 bridgehead atoms. The van der Waals surface area contributed by atoms with Gasteiger partial charge in [0.05, 0.1) is 0 Å². The van der Waals surface area contributed by atoms with E-state index in [2.05, 4.69) is 22.2 Å². The zero-order valence-corrected chi connectivity index (χ0v) is 10.5. The normalized spacial score (nSPS) is 12.5. The molecule has 0 spiro atoms. The maximum absolute atomic E-state index is 8.79. The molecule has 0 aliphatic heterocycles. The lowest BCUT2D eigenvalue weighted by molar-refractivity contribution is 0.266. The molecular weight excluding hydrogens is 226 g/mol. The van der Waals surface area contributed by atoms with E-state index in [-0.39, 0.29) is 6.61 Å². The van der Waals surface area contributed by atoms with Crippen molar-refractivity contribution in [3.63, 3.8) is 0 Å². The third kappa shape index (κ3) is 4.33. The Morgan fingerprint density at radius 2 is 2.25 bits per heavy atom. The predicted molar refractivity (Wildman–Crippen MR) is 65.8 cm³/mol. The number of aliphatic hydroxyl groups excluding tert-OH is 1. The van der Waals surface area contributed by atoms with Crippen LogP contribution in [0.5, 0.6) is 0 Å². The van der Waals surface area contributed by atoms with Crippen molar-refractivity contribution in [1.82, 2.24) is 9.97 Å². The quantitative estimate of drug-likeness (QED) is 0.752. The molecule has 0 saturated heterocycles. The molecule has 0 saturated carbocycles. The van der Waals surface area contributed by atoms with Crippen molar-refractivity contribution in [1.29, 1.82) is 0 Å². The zero-order chi connectivity index (χ0) is 12.0. The van der Waals surface area contributed by atoms with E-state index in [1.54, 1.807) is 6.07 Å². The summed E-state index contributed by atoms with van der Waals surface area (Å²) in [5.74, 6) is 1.90. The van der Waals surface area contributed by atoms with Crippen LogP contribution in [0.4, 0.5) is 5.82 Å². The Morgan fingerprint density at radius 1 is 1.50 bits per heavy atom. The van der Waals surface area contributed by atoms with Gasteiger partial charge in [0.25, 0.3) is 0 Å². The van der Waals surface area contributed by atoms with Gasteiger partial charge in [0.2, 0.25) is 0 Å². The number of hydrogen-bond donors (Lipinski definition) is 2. The minimum atomic E-state index is 0.216. The molecule has 0 fully saturated rings. The van der Waals surface area contributed by atoms with Gasteiger partial charge >= 0.3 is 0 Å². The lowest BCUT2D eigenvalue weighted by Crippen LogP contribution is -2.14. The maximum Gasteiger partial charge on any atom is 0.134 e. The molecule has 1 aromatic rings. The van der Waals surface area contributed by atoms with Crippen LogP contribution in [0.1, 0.15) is 26.1 Å². The predicted octanol–water partition coefficient (Wildman–Crippen LogP) is 2.12. The van der Waals surface area contributed by atoms with Crippen molar-refractivity contribution in [2.45, 2.75) is 26.7 Å². The molecule has 0 amide bonds. The molecule has 0 aliphatic carbocycles. The van der Waals surface area contributed by atoms with E-state index in [0.29, 0.717) is 11.1 Å². The van der Waals surface area contributed by atoms with Crippen LogP contribution in [0.25, 0.3) is 0 Å². The molecular formula is C11H18ClN3O. The minimum Gasteiger partial charge on any atom is -0.396 e. The van der Waals surface area contributed by atoms with E-state index >= 15 is 0 Å². The molecule has 0 radical (unpaired) electrons. The number of anilines is 1. The molecule has 1 rings (SSSR count). The highest BCUT2D eigenvalue weighted by Crippen LogP contribution is 2.12. The summed E-state index contributed by atoms with van der Waals surface area (Å²) in [4.78, 5) is 8.41. The number of hydrogen-bond acceptors (Lipinski definition) is 4. The van der Waals surface area contributed by atoms with Crippen LogP contribution in [0.15, 0.2) is 6.07 Å². The van der Waals surface area contributed by atoms with Crippen LogP contribution < -0.4 is 5.32 Å². The van der Waals surface area contributed by atoms with Crippen molar-refractivity contribution >= 4 is 17.4 Å². The zero-order valence-electron chi connectivity index (χ0n) is 9.70. The smallest absolute Gasteiger partial charge is 0.134 e. The number of aryl methyl sites for hydroxylation is 1. The van der Waals surface area contributed by atoms with Crippen molar-refractivity contribution in [3.8, 4) is 0 Å². The highest BCUT2D eigenvalue weighted by atomic mass is 35.5. The topological polar surface area (TPSA) is 58.0 Å². The van der Waals surface area contributed by atoms with E-state index in [0.717, 1.165) is 31.0 Å².